The van der Waals surface area contributed by atoms with E-state index in [0.29, 0.717) is 45.6 Å². The van der Waals surface area contributed by atoms with E-state index in [1.54, 1.807) is 4.80 Å². The molecule has 0 saturated carbocycles. The Bertz CT molecular complexity index is 1130. The zero-order valence-electron chi connectivity index (χ0n) is 19.4. The summed E-state index contributed by atoms with van der Waals surface area (Å²) in [7, 11) is 1.81. The number of aryl methyl sites for hydroxylation is 3. The van der Waals surface area contributed by atoms with Crippen LogP contribution in [0.3, 0.4) is 0 Å². The number of hydrogen-bond acceptors (Lipinski definition) is 7. The van der Waals surface area contributed by atoms with Gasteiger partial charge in [0.15, 0.2) is 0 Å². The van der Waals surface area contributed by atoms with E-state index >= 15 is 0 Å². The van der Waals surface area contributed by atoms with Crippen molar-refractivity contribution in [3.05, 3.63) is 53.5 Å². The van der Waals surface area contributed by atoms with Gasteiger partial charge in [0.05, 0.1) is 13.2 Å². The largest absolute Gasteiger partial charge is 0.363 e. The van der Waals surface area contributed by atoms with Crippen molar-refractivity contribution in [3.8, 4) is 11.3 Å². The minimum atomic E-state index is -0.789. The second-order valence-electron chi connectivity index (χ2n) is 8.86. The van der Waals surface area contributed by atoms with Gasteiger partial charge in [0.2, 0.25) is 5.95 Å². The topological polar surface area (TPSA) is 89.3 Å². The van der Waals surface area contributed by atoms with E-state index in [1.165, 1.54) is 0 Å². The molecule has 5 rings (SSSR count). The van der Waals surface area contributed by atoms with Gasteiger partial charge in [-0.05, 0) is 19.9 Å². The minimum Gasteiger partial charge on any atom is -0.363 e. The van der Waals surface area contributed by atoms with Crippen LogP contribution in [0.5, 0.6) is 0 Å². The molecule has 9 nitrogen and oxygen atoms in total. The van der Waals surface area contributed by atoms with E-state index in [9.17, 15) is 4.79 Å². The van der Waals surface area contributed by atoms with Crippen LogP contribution in [-0.2, 0) is 23.1 Å². The van der Waals surface area contributed by atoms with Gasteiger partial charge in [-0.3, -0.25) is 4.79 Å². The fraction of sp³-hybridized carbons (Fsp3) is 0.458. The molecule has 1 amide bonds. The van der Waals surface area contributed by atoms with Crippen molar-refractivity contribution in [2.45, 2.75) is 38.8 Å². The van der Waals surface area contributed by atoms with E-state index in [1.807, 2.05) is 62.2 Å². The monoisotopic (exact) mass is 447 g/mol. The fourth-order valence-electron chi connectivity index (χ4n) is 4.78. The van der Waals surface area contributed by atoms with Crippen LogP contribution in [0.2, 0.25) is 0 Å². The number of ether oxygens (including phenoxy) is 1. The van der Waals surface area contributed by atoms with Crippen molar-refractivity contribution in [3.63, 3.8) is 0 Å². The summed E-state index contributed by atoms with van der Waals surface area (Å²) in [4.78, 5) is 28.4. The first-order valence-corrected chi connectivity index (χ1v) is 11.4. The Kier molecular flexibility index (Phi) is 5.57. The average Bonchev–Trinajstić information content (AvgIpc) is 3.17. The minimum absolute atomic E-state index is 0.0411. The summed E-state index contributed by atoms with van der Waals surface area (Å²) in [5.74, 6) is 0.772. The Morgan fingerprint density at radius 3 is 2.39 bits per heavy atom. The molecule has 3 aromatic rings. The maximum atomic E-state index is 13.6. The van der Waals surface area contributed by atoms with E-state index in [0.717, 1.165) is 34.3 Å². The van der Waals surface area contributed by atoms with E-state index < -0.39 is 5.60 Å². The molecule has 2 saturated heterocycles. The maximum Gasteiger partial charge on any atom is 0.255 e. The first-order chi connectivity index (χ1) is 15.9. The Morgan fingerprint density at radius 1 is 1.00 bits per heavy atom. The third-order valence-electron chi connectivity index (χ3n) is 6.41. The Hall–Kier alpha value is -3.33. The van der Waals surface area contributed by atoms with E-state index in [-0.39, 0.29) is 5.91 Å². The van der Waals surface area contributed by atoms with Crippen LogP contribution in [0.25, 0.3) is 11.3 Å². The zero-order chi connectivity index (χ0) is 23.0. The third-order valence-corrected chi connectivity index (χ3v) is 6.41. The number of anilines is 1. The highest BCUT2D eigenvalue weighted by Gasteiger charge is 2.47. The lowest BCUT2D eigenvalue weighted by atomic mass is 9.88. The Balaban J connectivity index is 1.32. The van der Waals surface area contributed by atoms with Gasteiger partial charge < -0.3 is 14.5 Å². The molecule has 33 heavy (non-hydrogen) atoms. The third kappa shape index (κ3) is 4.20. The number of rotatable bonds is 4. The molecular weight excluding hydrogens is 418 g/mol. The predicted octanol–water partition coefficient (Wildman–Crippen LogP) is 2.29. The number of hydrogen-bond donors (Lipinski definition) is 0. The molecule has 2 aliphatic heterocycles. The van der Waals surface area contributed by atoms with Crippen LogP contribution in [-0.4, -0.2) is 67.6 Å². The molecule has 2 aromatic heterocycles. The van der Waals surface area contributed by atoms with Crippen LogP contribution in [0, 0.1) is 13.8 Å². The molecule has 2 fully saturated rings. The molecular formula is C24H29N7O2. The summed E-state index contributed by atoms with van der Waals surface area (Å²) in [6.07, 6.45) is 1.23. The second-order valence-corrected chi connectivity index (χ2v) is 8.86. The first kappa shape index (κ1) is 21.5. The number of amides is 1. The highest BCUT2D eigenvalue weighted by Crippen LogP contribution is 2.33. The summed E-state index contributed by atoms with van der Waals surface area (Å²) in [5, 5.41) is 9.11. The van der Waals surface area contributed by atoms with Gasteiger partial charge in [0, 0.05) is 56.5 Å². The first-order valence-electron chi connectivity index (χ1n) is 11.4. The van der Waals surface area contributed by atoms with Crippen molar-refractivity contribution >= 4 is 11.9 Å². The molecule has 0 atom stereocenters. The molecule has 4 heterocycles. The molecule has 1 spiro atoms. The molecule has 0 bridgehead atoms. The van der Waals surface area contributed by atoms with Crippen LogP contribution in [0.1, 0.15) is 29.9 Å². The van der Waals surface area contributed by atoms with Gasteiger partial charge in [-0.1, -0.05) is 30.3 Å². The highest BCUT2D eigenvalue weighted by molar-refractivity contribution is 5.86. The van der Waals surface area contributed by atoms with Gasteiger partial charge >= 0.3 is 0 Å². The number of piperidine rings is 1. The summed E-state index contributed by atoms with van der Waals surface area (Å²) in [6, 6.07) is 11.9. The smallest absolute Gasteiger partial charge is 0.255 e. The summed E-state index contributed by atoms with van der Waals surface area (Å²) in [6.45, 7) is 6.82. The lowest BCUT2D eigenvalue weighted by molar-refractivity contribution is -0.176. The molecule has 1 aromatic carbocycles. The Morgan fingerprint density at radius 2 is 1.70 bits per heavy atom. The molecule has 0 N–H and O–H groups in total. The number of aromatic nitrogens is 5. The molecule has 0 unspecified atom stereocenters. The van der Waals surface area contributed by atoms with Crippen molar-refractivity contribution < 1.29 is 9.53 Å². The highest BCUT2D eigenvalue weighted by atomic mass is 16.5. The summed E-state index contributed by atoms with van der Waals surface area (Å²) in [5.41, 5.74) is 3.73. The SMILES string of the molecule is Cc1cc(C)nc(N2CCC3(CC2)OCCN(Cc2nn(C)nc2-c2ccccc2)C3=O)n1. The number of nitrogens with zero attached hydrogens (tertiary/aromatic N) is 7. The fourth-order valence-corrected chi connectivity index (χ4v) is 4.78. The molecule has 0 aliphatic carbocycles. The normalized spacial score (nSPS) is 18.2. The van der Waals surface area contributed by atoms with Crippen molar-refractivity contribution in [1.82, 2.24) is 29.9 Å². The summed E-state index contributed by atoms with van der Waals surface area (Å²) < 4.78 is 6.14. The Labute approximate surface area is 193 Å². The second kappa shape index (κ2) is 8.55. The van der Waals surface area contributed by atoms with Gasteiger partial charge in [-0.15, -0.1) is 0 Å². The standard InChI is InChI=1S/C24H29N7O2/c1-17-15-18(2)26-23(25-17)30-11-9-24(10-12-30)22(32)31(13-14-33-24)16-20-21(28-29(3)27-20)19-7-5-4-6-8-19/h4-8,15H,9-14,16H2,1-3H3. The van der Waals surface area contributed by atoms with Gasteiger partial charge in [0.25, 0.3) is 5.91 Å². The lowest BCUT2D eigenvalue weighted by Gasteiger charge is -2.45. The number of benzene rings is 1. The van der Waals surface area contributed by atoms with E-state index in [2.05, 4.69) is 25.1 Å². The van der Waals surface area contributed by atoms with E-state index in [4.69, 9.17) is 4.74 Å². The van der Waals surface area contributed by atoms with Crippen molar-refractivity contribution in [2.75, 3.05) is 31.1 Å². The van der Waals surface area contributed by atoms with Gasteiger partial charge in [-0.25, -0.2) is 9.97 Å². The quantitative estimate of drug-likeness (QED) is 0.606. The number of carbonyl (C=O) groups excluding carboxylic acids is 1. The molecule has 172 valence electrons. The van der Waals surface area contributed by atoms with Crippen molar-refractivity contribution in [1.29, 1.82) is 0 Å². The molecule has 9 heteroatoms. The molecule has 0 radical (unpaired) electrons. The zero-order valence-corrected chi connectivity index (χ0v) is 19.4. The van der Waals surface area contributed by atoms with Crippen LogP contribution in [0.4, 0.5) is 5.95 Å². The maximum absolute atomic E-state index is 13.6. The lowest BCUT2D eigenvalue weighted by Crippen LogP contribution is -2.60. The summed E-state index contributed by atoms with van der Waals surface area (Å²) >= 11 is 0. The van der Waals surface area contributed by atoms with Gasteiger partial charge in [-0.2, -0.15) is 15.0 Å². The number of morpholine rings is 1. The van der Waals surface area contributed by atoms with Gasteiger partial charge in [0.1, 0.15) is 17.0 Å². The number of carbonyl (C=O) groups is 1. The van der Waals surface area contributed by atoms with Crippen LogP contribution in [0.15, 0.2) is 36.4 Å². The van der Waals surface area contributed by atoms with Crippen molar-refractivity contribution in [2.24, 2.45) is 7.05 Å². The average molecular weight is 448 g/mol. The van der Waals surface area contributed by atoms with Crippen LogP contribution >= 0.6 is 0 Å². The molecule has 2 aliphatic rings. The predicted molar refractivity (Wildman–Crippen MR) is 123 cm³/mol. The van der Waals surface area contributed by atoms with Crippen LogP contribution < -0.4 is 4.90 Å².